The third-order valence-electron chi connectivity index (χ3n) is 2.71. The fraction of sp³-hybridized carbons (Fsp3) is 0.417. The van der Waals surface area contributed by atoms with Crippen molar-refractivity contribution >= 4 is 15.9 Å². The molecule has 100 valence electrons. The molecule has 0 saturated carbocycles. The molecule has 0 aromatic heterocycles. The van der Waals surface area contributed by atoms with E-state index in [0.29, 0.717) is 4.90 Å². The number of nitrogens with zero attached hydrogens (tertiary/aromatic N) is 1. The summed E-state index contributed by atoms with van der Waals surface area (Å²) in [5.74, 6) is -0.0160. The van der Waals surface area contributed by atoms with Gasteiger partial charge in [-0.2, -0.15) is 0 Å². The first-order chi connectivity index (χ1) is 8.25. The van der Waals surface area contributed by atoms with Gasteiger partial charge in [0.1, 0.15) is 0 Å². The summed E-state index contributed by atoms with van der Waals surface area (Å²) in [6.07, 6.45) is 0.237. The summed E-state index contributed by atoms with van der Waals surface area (Å²) >= 11 is 0. The van der Waals surface area contributed by atoms with Gasteiger partial charge in [-0.15, -0.1) is 0 Å². The average molecular weight is 269 g/mol. The number of hydrogen-bond acceptors (Lipinski definition) is 3. The molecule has 0 atom stereocenters. The predicted octanol–water partition coefficient (Wildman–Crippen LogP) is 1.25. The first-order valence-electron chi connectivity index (χ1n) is 5.61. The lowest BCUT2D eigenvalue weighted by Crippen LogP contribution is -2.30. The molecule has 0 unspecified atom stereocenters. The van der Waals surface area contributed by atoms with Gasteiger partial charge in [0.15, 0.2) is 0 Å². The summed E-state index contributed by atoms with van der Waals surface area (Å²) in [7, 11) is -2.00. The number of amidine groups is 1. The van der Waals surface area contributed by atoms with Gasteiger partial charge in [-0.25, -0.2) is 12.7 Å². The van der Waals surface area contributed by atoms with Gasteiger partial charge in [0, 0.05) is 20.0 Å². The number of sulfonamides is 1. The van der Waals surface area contributed by atoms with Crippen molar-refractivity contribution in [2.45, 2.75) is 25.2 Å². The van der Waals surface area contributed by atoms with Crippen LogP contribution in [0.15, 0.2) is 23.1 Å². The van der Waals surface area contributed by atoms with Crippen LogP contribution >= 0.6 is 0 Å². The summed E-state index contributed by atoms with van der Waals surface area (Å²) < 4.78 is 25.8. The van der Waals surface area contributed by atoms with Crippen molar-refractivity contribution in [1.29, 1.82) is 5.41 Å². The Morgan fingerprint density at radius 2 is 2.00 bits per heavy atom. The van der Waals surface area contributed by atoms with E-state index in [-0.39, 0.29) is 18.8 Å². The quantitative estimate of drug-likeness (QED) is 0.623. The number of nitrogens with two attached hydrogens (primary N) is 1. The molecule has 0 fully saturated rings. The predicted molar refractivity (Wildman–Crippen MR) is 72.3 cm³/mol. The third-order valence-corrected chi connectivity index (χ3v) is 4.73. The lowest BCUT2D eigenvalue weighted by Gasteiger charge is -2.18. The first kappa shape index (κ1) is 14.7. The van der Waals surface area contributed by atoms with Crippen LogP contribution in [-0.4, -0.2) is 32.2 Å². The van der Waals surface area contributed by atoms with Crippen LogP contribution in [0.25, 0.3) is 0 Å². The second-order valence-corrected chi connectivity index (χ2v) is 6.38. The number of benzene rings is 1. The summed E-state index contributed by atoms with van der Waals surface area (Å²) in [5, 5.41) is 7.12. The fourth-order valence-electron chi connectivity index (χ4n) is 1.65. The van der Waals surface area contributed by atoms with Gasteiger partial charge in [-0.05, 0) is 25.5 Å². The van der Waals surface area contributed by atoms with Crippen molar-refractivity contribution < 1.29 is 8.42 Å². The molecule has 5 nitrogen and oxygen atoms in total. The van der Waals surface area contributed by atoms with Crippen LogP contribution in [0.3, 0.4) is 0 Å². The van der Waals surface area contributed by atoms with Crippen LogP contribution in [0.4, 0.5) is 0 Å². The minimum Gasteiger partial charge on any atom is -0.388 e. The van der Waals surface area contributed by atoms with Crippen LogP contribution in [0.1, 0.15) is 17.5 Å². The zero-order valence-electron chi connectivity index (χ0n) is 10.9. The van der Waals surface area contributed by atoms with Crippen molar-refractivity contribution in [1.82, 2.24) is 4.31 Å². The lowest BCUT2D eigenvalue weighted by atomic mass is 10.2. The van der Waals surface area contributed by atoms with Gasteiger partial charge in [-0.1, -0.05) is 17.7 Å². The molecule has 3 N–H and O–H groups in total. The van der Waals surface area contributed by atoms with Crippen LogP contribution in [-0.2, 0) is 10.0 Å². The fourth-order valence-corrected chi connectivity index (χ4v) is 3.03. The highest BCUT2D eigenvalue weighted by molar-refractivity contribution is 7.89. The molecule has 1 rings (SSSR count). The van der Waals surface area contributed by atoms with E-state index in [9.17, 15) is 8.42 Å². The molecule has 0 amide bonds. The zero-order chi connectivity index (χ0) is 13.9. The van der Waals surface area contributed by atoms with Crippen molar-refractivity contribution in [2.24, 2.45) is 5.73 Å². The monoisotopic (exact) mass is 269 g/mol. The summed E-state index contributed by atoms with van der Waals surface area (Å²) in [4.78, 5) is 0.305. The molecule has 0 aliphatic rings. The van der Waals surface area contributed by atoms with E-state index in [1.807, 2.05) is 13.0 Å². The number of rotatable bonds is 5. The highest BCUT2D eigenvalue weighted by Crippen LogP contribution is 2.20. The number of aryl methyl sites for hydroxylation is 2. The Labute approximate surface area is 108 Å². The molecule has 6 heteroatoms. The van der Waals surface area contributed by atoms with E-state index < -0.39 is 10.0 Å². The average Bonchev–Trinajstić information content (AvgIpc) is 2.24. The number of hydrogen-bond donors (Lipinski definition) is 2. The molecule has 0 bridgehead atoms. The molecule has 18 heavy (non-hydrogen) atoms. The van der Waals surface area contributed by atoms with E-state index >= 15 is 0 Å². The Balaban J connectivity index is 3.02. The minimum absolute atomic E-state index is 0.0160. The van der Waals surface area contributed by atoms with Crippen LogP contribution in [0, 0.1) is 19.3 Å². The second-order valence-electron chi connectivity index (χ2n) is 4.37. The van der Waals surface area contributed by atoms with Crippen molar-refractivity contribution in [3.05, 3.63) is 29.3 Å². The van der Waals surface area contributed by atoms with E-state index in [1.165, 1.54) is 11.4 Å². The summed E-state index contributed by atoms with van der Waals surface area (Å²) in [5.41, 5.74) is 6.99. The third kappa shape index (κ3) is 3.30. The maximum atomic E-state index is 12.3. The molecular formula is C12H19N3O2S. The van der Waals surface area contributed by atoms with Crippen molar-refractivity contribution in [3.63, 3.8) is 0 Å². The lowest BCUT2D eigenvalue weighted by molar-refractivity contribution is 0.477. The Hall–Kier alpha value is -1.40. The highest BCUT2D eigenvalue weighted by Gasteiger charge is 2.22. The van der Waals surface area contributed by atoms with Gasteiger partial charge >= 0.3 is 0 Å². The Bertz CT molecular complexity index is 552. The summed E-state index contributed by atoms with van der Waals surface area (Å²) in [6.45, 7) is 3.91. The smallest absolute Gasteiger partial charge is 0.243 e. The van der Waals surface area contributed by atoms with Gasteiger partial charge in [0.2, 0.25) is 10.0 Å². The van der Waals surface area contributed by atoms with Gasteiger partial charge in [-0.3, -0.25) is 5.41 Å². The molecule has 0 saturated heterocycles. The zero-order valence-corrected chi connectivity index (χ0v) is 11.7. The standard InChI is InChI=1S/C12H19N3O2S/c1-9-4-5-11(10(2)8-9)18(16,17)15(3)7-6-12(13)14/h4-5,8H,6-7H2,1-3H3,(H3,13,14). The Morgan fingerprint density at radius 3 is 2.50 bits per heavy atom. The molecular weight excluding hydrogens is 250 g/mol. The van der Waals surface area contributed by atoms with Crippen LogP contribution in [0.5, 0.6) is 0 Å². The summed E-state index contributed by atoms with van der Waals surface area (Å²) in [6, 6.07) is 5.23. The van der Waals surface area contributed by atoms with E-state index in [0.717, 1.165) is 11.1 Å². The van der Waals surface area contributed by atoms with Crippen LogP contribution in [0.2, 0.25) is 0 Å². The van der Waals surface area contributed by atoms with Gasteiger partial charge < -0.3 is 5.73 Å². The minimum atomic E-state index is -3.50. The second kappa shape index (κ2) is 5.49. The molecule has 0 heterocycles. The van der Waals surface area contributed by atoms with E-state index in [2.05, 4.69) is 0 Å². The maximum absolute atomic E-state index is 12.3. The van der Waals surface area contributed by atoms with E-state index in [1.54, 1.807) is 19.1 Å². The SMILES string of the molecule is Cc1ccc(S(=O)(=O)N(C)CCC(=N)N)c(C)c1. The van der Waals surface area contributed by atoms with Crippen molar-refractivity contribution in [2.75, 3.05) is 13.6 Å². The molecule has 1 aromatic carbocycles. The van der Waals surface area contributed by atoms with Gasteiger partial charge in [0.25, 0.3) is 0 Å². The Kier molecular flexibility index (Phi) is 4.48. The highest BCUT2D eigenvalue weighted by atomic mass is 32.2. The first-order valence-corrected chi connectivity index (χ1v) is 7.05. The molecule has 1 aromatic rings. The molecule has 0 aliphatic heterocycles. The van der Waals surface area contributed by atoms with Gasteiger partial charge in [0.05, 0.1) is 10.7 Å². The molecule has 0 aliphatic carbocycles. The topological polar surface area (TPSA) is 87.2 Å². The maximum Gasteiger partial charge on any atom is 0.243 e. The van der Waals surface area contributed by atoms with Crippen molar-refractivity contribution in [3.8, 4) is 0 Å². The Morgan fingerprint density at radius 1 is 1.39 bits per heavy atom. The van der Waals surface area contributed by atoms with Crippen LogP contribution < -0.4 is 5.73 Å². The largest absolute Gasteiger partial charge is 0.388 e. The van der Waals surface area contributed by atoms with E-state index in [4.69, 9.17) is 11.1 Å². The number of nitrogens with one attached hydrogen (secondary N) is 1. The molecule has 0 spiro atoms. The molecule has 0 radical (unpaired) electrons. The normalized spacial score (nSPS) is 11.8.